The molecule has 0 aromatic heterocycles. The van der Waals surface area contributed by atoms with Gasteiger partial charge in [-0.15, -0.1) is 0 Å². The zero-order chi connectivity index (χ0) is 42.6. The summed E-state index contributed by atoms with van der Waals surface area (Å²) in [6.07, 6.45) is 51.8. The van der Waals surface area contributed by atoms with Crippen molar-refractivity contribution in [2.24, 2.45) is 5.73 Å². The highest BCUT2D eigenvalue weighted by atomic mass is 31.2. The standard InChI is InChI=1S/C47H76NO9P/c1-3-5-7-8-9-10-11-12-13-14-15-16-17-18-23-26-29-32-35-39-47(51)57-45(43-56-58(52,53)55-41-40-48)42-54-46(50)38-34-31-28-25-22-20-19-21-24-27-30-33-37-44(49)36-6-4-2/h6,9-10,12-13,15-16,18-20,23-25,27-28,30,33,36,44-45,49H,3-5,7-8,11,14,17,21-22,26,29,31-32,34-35,37-43,48H2,1-2H3,(H,52,53)/b10-9-,13-12-,16-15-,20-19-,23-18-,27-24-,28-25-,33-30+,36-6-/t44?,45-/m1/s1. The van der Waals surface area contributed by atoms with Gasteiger partial charge in [0.15, 0.2) is 6.10 Å². The van der Waals surface area contributed by atoms with Gasteiger partial charge in [-0.1, -0.05) is 142 Å². The number of phosphoric ester groups is 1. The molecule has 0 aromatic rings. The number of ether oxygens (including phenoxy) is 2. The van der Waals surface area contributed by atoms with Crippen LogP contribution in [0.2, 0.25) is 0 Å². The van der Waals surface area contributed by atoms with Crippen molar-refractivity contribution < 1.29 is 42.7 Å². The fourth-order valence-electron chi connectivity index (χ4n) is 5.02. The number of allylic oxidation sites excluding steroid dienone is 16. The van der Waals surface area contributed by atoms with Gasteiger partial charge in [0.05, 0.1) is 19.3 Å². The van der Waals surface area contributed by atoms with Gasteiger partial charge < -0.3 is 25.2 Å². The minimum atomic E-state index is -4.42. The number of nitrogens with two attached hydrogens (primary N) is 1. The second-order valence-electron chi connectivity index (χ2n) is 13.7. The Bertz CT molecular complexity index is 1330. The molecule has 0 saturated heterocycles. The lowest BCUT2D eigenvalue weighted by molar-refractivity contribution is -0.161. The molecule has 328 valence electrons. The molecule has 0 aromatic carbocycles. The van der Waals surface area contributed by atoms with E-state index in [1.54, 1.807) is 0 Å². The molecule has 0 radical (unpaired) electrons. The van der Waals surface area contributed by atoms with Crippen molar-refractivity contribution in [1.29, 1.82) is 0 Å². The normalized spacial score (nSPS) is 14.9. The van der Waals surface area contributed by atoms with Crippen LogP contribution in [-0.4, -0.2) is 60.5 Å². The molecule has 0 saturated carbocycles. The van der Waals surface area contributed by atoms with E-state index in [4.69, 9.17) is 24.3 Å². The third-order valence-corrected chi connectivity index (χ3v) is 9.20. The molecule has 0 rings (SSSR count). The second kappa shape index (κ2) is 41.8. The number of hydrogen-bond donors (Lipinski definition) is 3. The van der Waals surface area contributed by atoms with Crippen molar-refractivity contribution in [3.63, 3.8) is 0 Å². The van der Waals surface area contributed by atoms with Gasteiger partial charge in [-0.2, -0.15) is 0 Å². The largest absolute Gasteiger partial charge is 0.472 e. The first kappa shape index (κ1) is 54.6. The van der Waals surface area contributed by atoms with E-state index in [1.807, 2.05) is 55.5 Å². The second-order valence-corrected chi connectivity index (χ2v) is 15.1. The summed E-state index contributed by atoms with van der Waals surface area (Å²) in [5.74, 6) is -0.970. The Labute approximate surface area is 351 Å². The molecule has 0 aliphatic carbocycles. The summed E-state index contributed by atoms with van der Waals surface area (Å²) in [6, 6.07) is 0. The molecule has 0 bridgehead atoms. The van der Waals surface area contributed by atoms with E-state index >= 15 is 0 Å². The van der Waals surface area contributed by atoms with Gasteiger partial charge in [0.1, 0.15) is 6.61 Å². The van der Waals surface area contributed by atoms with Gasteiger partial charge in [-0.25, -0.2) is 4.57 Å². The highest BCUT2D eigenvalue weighted by Crippen LogP contribution is 2.43. The zero-order valence-electron chi connectivity index (χ0n) is 35.6. The Morgan fingerprint density at radius 3 is 1.74 bits per heavy atom. The number of aliphatic hydroxyl groups excluding tert-OH is 1. The van der Waals surface area contributed by atoms with Gasteiger partial charge in [0.2, 0.25) is 0 Å². The van der Waals surface area contributed by atoms with Crippen LogP contribution >= 0.6 is 7.82 Å². The summed E-state index contributed by atoms with van der Waals surface area (Å²) in [5, 5.41) is 9.76. The highest BCUT2D eigenvalue weighted by molar-refractivity contribution is 7.47. The molecular formula is C47H76NO9P. The zero-order valence-corrected chi connectivity index (χ0v) is 36.5. The van der Waals surface area contributed by atoms with Gasteiger partial charge in [0.25, 0.3) is 0 Å². The van der Waals surface area contributed by atoms with E-state index in [9.17, 15) is 24.2 Å². The predicted octanol–water partition coefficient (Wildman–Crippen LogP) is 11.4. The molecule has 3 atom stereocenters. The van der Waals surface area contributed by atoms with E-state index in [-0.39, 0.29) is 32.6 Å². The number of esters is 2. The Morgan fingerprint density at radius 1 is 0.621 bits per heavy atom. The quantitative estimate of drug-likeness (QED) is 0.0180. The van der Waals surface area contributed by atoms with Crippen molar-refractivity contribution >= 4 is 19.8 Å². The van der Waals surface area contributed by atoms with Crippen LogP contribution in [0, 0.1) is 0 Å². The molecular weight excluding hydrogens is 753 g/mol. The Balaban J connectivity index is 4.38. The molecule has 0 fully saturated rings. The van der Waals surface area contributed by atoms with Crippen LogP contribution in [0.25, 0.3) is 0 Å². The van der Waals surface area contributed by atoms with E-state index in [0.29, 0.717) is 25.7 Å². The fourth-order valence-corrected chi connectivity index (χ4v) is 5.79. The Kier molecular flexibility index (Phi) is 39.4. The average molecular weight is 830 g/mol. The summed E-state index contributed by atoms with van der Waals surface area (Å²) in [5.41, 5.74) is 5.34. The molecule has 0 heterocycles. The fraction of sp³-hybridized carbons (Fsp3) is 0.574. The maximum Gasteiger partial charge on any atom is 0.472 e. The third kappa shape index (κ3) is 40.8. The molecule has 10 nitrogen and oxygen atoms in total. The average Bonchev–Trinajstić information content (AvgIpc) is 3.21. The number of carbonyl (C=O) groups is 2. The number of aliphatic hydroxyl groups is 1. The minimum absolute atomic E-state index is 0.0271. The number of rotatable bonds is 38. The summed E-state index contributed by atoms with van der Waals surface area (Å²) < 4.78 is 32.6. The molecule has 58 heavy (non-hydrogen) atoms. The van der Waals surface area contributed by atoms with Gasteiger partial charge in [-0.3, -0.25) is 18.6 Å². The van der Waals surface area contributed by atoms with Crippen molar-refractivity contribution in [3.8, 4) is 0 Å². The van der Waals surface area contributed by atoms with Crippen LogP contribution in [-0.2, 0) is 32.7 Å². The van der Waals surface area contributed by atoms with Crippen molar-refractivity contribution in [2.75, 3.05) is 26.4 Å². The van der Waals surface area contributed by atoms with Crippen LogP contribution in [0.3, 0.4) is 0 Å². The maximum atomic E-state index is 12.6. The minimum Gasteiger partial charge on any atom is -0.462 e. The van der Waals surface area contributed by atoms with Gasteiger partial charge >= 0.3 is 19.8 Å². The topological polar surface area (TPSA) is 155 Å². The van der Waals surface area contributed by atoms with E-state index in [2.05, 4.69) is 67.7 Å². The molecule has 0 amide bonds. The van der Waals surface area contributed by atoms with Gasteiger partial charge in [-0.05, 0) is 89.9 Å². The molecule has 0 aliphatic rings. The van der Waals surface area contributed by atoms with Crippen LogP contribution in [0.5, 0.6) is 0 Å². The molecule has 0 spiro atoms. The van der Waals surface area contributed by atoms with Crippen LogP contribution < -0.4 is 5.73 Å². The first-order chi connectivity index (χ1) is 28.2. The molecule has 4 N–H and O–H groups in total. The predicted molar refractivity (Wildman–Crippen MR) is 239 cm³/mol. The van der Waals surface area contributed by atoms with Crippen LogP contribution in [0.15, 0.2) is 109 Å². The van der Waals surface area contributed by atoms with Crippen molar-refractivity contribution in [3.05, 3.63) is 109 Å². The van der Waals surface area contributed by atoms with E-state index < -0.39 is 38.6 Å². The maximum absolute atomic E-state index is 12.6. The number of phosphoric acid groups is 1. The lowest BCUT2D eigenvalue weighted by atomic mass is 10.1. The lowest BCUT2D eigenvalue weighted by Crippen LogP contribution is -2.29. The van der Waals surface area contributed by atoms with Crippen molar-refractivity contribution in [2.45, 2.75) is 148 Å². The van der Waals surface area contributed by atoms with Crippen molar-refractivity contribution in [1.82, 2.24) is 0 Å². The lowest BCUT2D eigenvalue weighted by Gasteiger charge is -2.19. The number of unbranched alkanes of at least 4 members (excludes halogenated alkanes) is 7. The first-order valence-corrected chi connectivity index (χ1v) is 23.0. The van der Waals surface area contributed by atoms with Gasteiger partial charge in [0, 0.05) is 19.4 Å². The summed E-state index contributed by atoms with van der Waals surface area (Å²) in [7, 11) is -4.42. The number of carbonyl (C=O) groups excluding carboxylic acids is 2. The monoisotopic (exact) mass is 830 g/mol. The van der Waals surface area contributed by atoms with Crippen LogP contribution in [0.4, 0.5) is 0 Å². The molecule has 0 aliphatic heterocycles. The highest BCUT2D eigenvalue weighted by Gasteiger charge is 2.25. The van der Waals surface area contributed by atoms with E-state index in [1.165, 1.54) is 25.7 Å². The number of hydrogen-bond acceptors (Lipinski definition) is 9. The SMILES string of the molecule is CC/C=C\C(O)C/C=C/C=C\C/C=C\C/C=C\CCCC(=O)OC[C@H](COP(=O)(O)OCCN)OC(=O)CCCCC/C=C\C/C=C\C/C=C\C/C=C\CCCCC. The summed E-state index contributed by atoms with van der Waals surface area (Å²) >= 11 is 0. The molecule has 2 unspecified atom stereocenters. The Morgan fingerprint density at radius 2 is 1.16 bits per heavy atom. The summed E-state index contributed by atoms with van der Waals surface area (Å²) in [4.78, 5) is 34.8. The third-order valence-electron chi connectivity index (χ3n) is 8.22. The molecule has 11 heteroatoms. The van der Waals surface area contributed by atoms with E-state index in [0.717, 1.165) is 57.8 Å². The smallest absolute Gasteiger partial charge is 0.462 e. The summed E-state index contributed by atoms with van der Waals surface area (Å²) in [6.45, 7) is 3.32. The first-order valence-electron chi connectivity index (χ1n) is 21.5. The Hall–Kier alpha value is -3.37. The van der Waals surface area contributed by atoms with Crippen LogP contribution in [0.1, 0.15) is 136 Å².